The van der Waals surface area contributed by atoms with Crippen LogP contribution < -0.4 is 4.74 Å². The van der Waals surface area contributed by atoms with Crippen molar-refractivity contribution in [2.45, 2.75) is 19.9 Å². The zero-order valence-electron chi connectivity index (χ0n) is 15.0. The highest BCUT2D eigenvalue weighted by atomic mass is 16.5. The molecular formula is C20H18N4O3. The number of nitrogens with zero attached hydrogens (tertiary/aromatic N) is 4. The fraction of sp³-hybridized carbons (Fsp3) is 0.200. The molecule has 0 atom stereocenters. The van der Waals surface area contributed by atoms with Crippen LogP contribution in [0.1, 0.15) is 25.5 Å². The standard InChI is InChI=1S/C20H18N4O3/c1-13(2)24-17-6-4-3-5-16(17)19(20(24)26)23-22-18(25)12-27-15-9-7-14(11-21)8-10-15/h3-10,13,26H,12H2,1-2H3. The monoisotopic (exact) mass is 362 g/mol. The minimum Gasteiger partial charge on any atom is -0.493 e. The van der Waals surface area contributed by atoms with Gasteiger partial charge in [0.2, 0.25) is 5.88 Å². The van der Waals surface area contributed by atoms with Gasteiger partial charge in [0.25, 0.3) is 0 Å². The summed E-state index contributed by atoms with van der Waals surface area (Å²) in [5, 5.41) is 27.6. The van der Waals surface area contributed by atoms with E-state index in [2.05, 4.69) is 10.2 Å². The van der Waals surface area contributed by atoms with Crippen molar-refractivity contribution in [2.75, 3.05) is 6.61 Å². The second-order valence-electron chi connectivity index (χ2n) is 6.17. The van der Waals surface area contributed by atoms with Gasteiger partial charge in [0, 0.05) is 11.4 Å². The summed E-state index contributed by atoms with van der Waals surface area (Å²) in [5.74, 6) is -0.160. The molecule has 1 heterocycles. The molecule has 0 aliphatic heterocycles. The number of rotatable bonds is 5. The maximum absolute atomic E-state index is 12.0. The fourth-order valence-corrected chi connectivity index (χ4v) is 2.76. The van der Waals surface area contributed by atoms with Crippen LogP contribution in [-0.2, 0) is 4.79 Å². The molecule has 0 spiro atoms. The third kappa shape index (κ3) is 3.80. The first kappa shape index (κ1) is 18.1. The number of aromatic hydroxyl groups is 1. The molecule has 7 nitrogen and oxygen atoms in total. The molecule has 1 aromatic heterocycles. The Balaban J connectivity index is 1.76. The Kier molecular flexibility index (Phi) is 5.18. The van der Waals surface area contributed by atoms with Gasteiger partial charge in [-0.3, -0.25) is 4.79 Å². The number of nitriles is 1. The Morgan fingerprint density at radius 3 is 2.59 bits per heavy atom. The van der Waals surface area contributed by atoms with E-state index < -0.39 is 5.91 Å². The maximum Gasteiger partial charge on any atom is 0.302 e. The molecular weight excluding hydrogens is 344 g/mol. The van der Waals surface area contributed by atoms with Crippen LogP contribution in [0, 0.1) is 11.3 Å². The highest BCUT2D eigenvalue weighted by Crippen LogP contribution is 2.40. The predicted octanol–water partition coefficient (Wildman–Crippen LogP) is 4.49. The van der Waals surface area contributed by atoms with Gasteiger partial charge in [-0.25, -0.2) is 0 Å². The lowest BCUT2D eigenvalue weighted by molar-refractivity contribution is -0.120. The Bertz CT molecular complexity index is 1040. The summed E-state index contributed by atoms with van der Waals surface area (Å²) in [6, 6.07) is 15.8. The van der Waals surface area contributed by atoms with Crippen molar-refractivity contribution in [1.29, 1.82) is 5.26 Å². The molecule has 1 amide bonds. The van der Waals surface area contributed by atoms with E-state index in [9.17, 15) is 9.90 Å². The number of para-hydroxylation sites is 1. The van der Waals surface area contributed by atoms with Crippen molar-refractivity contribution in [2.24, 2.45) is 10.2 Å². The number of benzene rings is 2. The summed E-state index contributed by atoms with van der Waals surface area (Å²) < 4.78 is 7.07. The van der Waals surface area contributed by atoms with Crippen LogP contribution in [0.5, 0.6) is 11.6 Å². The van der Waals surface area contributed by atoms with Crippen molar-refractivity contribution < 1.29 is 14.6 Å². The summed E-state index contributed by atoms with van der Waals surface area (Å²) >= 11 is 0. The van der Waals surface area contributed by atoms with E-state index in [0.29, 0.717) is 16.7 Å². The molecule has 0 unspecified atom stereocenters. The number of hydrogen-bond acceptors (Lipinski definition) is 5. The third-order valence-electron chi connectivity index (χ3n) is 3.98. The second kappa shape index (κ2) is 7.70. The average molecular weight is 362 g/mol. The van der Waals surface area contributed by atoms with E-state index in [4.69, 9.17) is 10.00 Å². The molecule has 27 heavy (non-hydrogen) atoms. The molecule has 0 saturated carbocycles. The van der Waals surface area contributed by atoms with E-state index in [0.717, 1.165) is 5.52 Å². The number of fused-ring (bicyclic) bond motifs is 1. The predicted molar refractivity (Wildman–Crippen MR) is 100 cm³/mol. The van der Waals surface area contributed by atoms with Crippen LogP contribution in [0.4, 0.5) is 5.69 Å². The van der Waals surface area contributed by atoms with Crippen molar-refractivity contribution in [1.82, 2.24) is 4.57 Å². The molecule has 0 radical (unpaired) electrons. The lowest BCUT2D eigenvalue weighted by Gasteiger charge is -2.10. The largest absolute Gasteiger partial charge is 0.493 e. The van der Waals surface area contributed by atoms with E-state index >= 15 is 0 Å². The summed E-state index contributed by atoms with van der Waals surface area (Å²) in [5.41, 5.74) is 1.58. The lowest BCUT2D eigenvalue weighted by Crippen LogP contribution is -2.07. The molecule has 0 aliphatic carbocycles. The van der Waals surface area contributed by atoms with Gasteiger partial charge < -0.3 is 14.4 Å². The zero-order valence-corrected chi connectivity index (χ0v) is 15.0. The molecule has 3 aromatic rings. The van der Waals surface area contributed by atoms with Crippen LogP contribution >= 0.6 is 0 Å². The van der Waals surface area contributed by atoms with Gasteiger partial charge in [-0.2, -0.15) is 5.26 Å². The SMILES string of the molecule is CC(C)n1c(O)c(N=NC(=O)COc2ccc(C#N)cc2)c2ccccc21. The van der Waals surface area contributed by atoms with Gasteiger partial charge >= 0.3 is 5.91 Å². The number of carbonyl (C=O) groups excluding carboxylic acids is 1. The minimum absolute atomic E-state index is 0.0225. The van der Waals surface area contributed by atoms with E-state index in [1.54, 1.807) is 28.8 Å². The molecule has 0 aliphatic rings. The van der Waals surface area contributed by atoms with Crippen LogP contribution in [0.15, 0.2) is 58.8 Å². The lowest BCUT2D eigenvalue weighted by atomic mass is 10.2. The van der Waals surface area contributed by atoms with Crippen LogP contribution in [0.25, 0.3) is 10.9 Å². The Hall–Kier alpha value is -3.66. The summed E-state index contributed by atoms with van der Waals surface area (Å²) in [6.07, 6.45) is 0. The molecule has 0 fully saturated rings. The topological polar surface area (TPSA) is 100.0 Å². The van der Waals surface area contributed by atoms with E-state index in [-0.39, 0.29) is 24.2 Å². The van der Waals surface area contributed by atoms with Crippen molar-refractivity contribution in [3.05, 3.63) is 54.1 Å². The smallest absolute Gasteiger partial charge is 0.302 e. The first-order chi connectivity index (χ1) is 13.0. The van der Waals surface area contributed by atoms with Gasteiger partial charge in [0.05, 0.1) is 17.1 Å². The van der Waals surface area contributed by atoms with Crippen LogP contribution in [0.3, 0.4) is 0 Å². The number of amides is 1. The maximum atomic E-state index is 12.0. The average Bonchev–Trinajstić information content (AvgIpc) is 2.96. The Morgan fingerprint density at radius 1 is 1.22 bits per heavy atom. The first-order valence-corrected chi connectivity index (χ1v) is 8.40. The van der Waals surface area contributed by atoms with Gasteiger partial charge in [0.15, 0.2) is 12.3 Å². The van der Waals surface area contributed by atoms with Crippen molar-refractivity contribution >= 4 is 22.5 Å². The molecule has 0 bridgehead atoms. The molecule has 1 N–H and O–H groups in total. The molecule has 2 aromatic carbocycles. The quantitative estimate of drug-likeness (QED) is 0.676. The Morgan fingerprint density at radius 2 is 1.93 bits per heavy atom. The van der Waals surface area contributed by atoms with Gasteiger partial charge in [-0.05, 0) is 44.2 Å². The van der Waals surface area contributed by atoms with Crippen LogP contribution in [0.2, 0.25) is 0 Å². The number of aromatic nitrogens is 1. The molecule has 0 saturated heterocycles. The second-order valence-corrected chi connectivity index (χ2v) is 6.17. The number of azo groups is 1. The molecule has 7 heteroatoms. The molecule has 3 rings (SSSR count). The summed E-state index contributed by atoms with van der Waals surface area (Å²) in [7, 11) is 0. The van der Waals surface area contributed by atoms with Crippen molar-refractivity contribution in [3.8, 4) is 17.7 Å². The minimum atomic E-state index is -0.583. The normalized spacial score (nSPS) is 11.2. The van der Waals surface area contributed by atoms with Gasteiger partial charge in [-0.15, -0.1) is 10.2 Å². The summed E-state index contributed by atoms with van der Waals surface area (Å²) in [4.78, 5) is 12.0. The highest BCUT2D eigenvalue weighted by Gasteiger charge is 2.18. The van der Waals surface area contributed by atoms with Gasteiger partial charge in [0.1, 0.15) is 5.75 Å². The van der Waals surface area contributed by atoms with Crippen LogP contribution in [-0.4, -0.2) is 22.2 Å². The summed E-state index contributed by atoms with van der Waals surface area (Å²) in [6.45, 7) is 3.60. The van der Waals surface area contributed by atoms with E-state index in [1.165, 1.54) is 0 Å². The number of ether oxygens (including phenoxy) is 1. The number of carbonyl (C=O) groups is 1. The van der Waals surface area contributed by atoms with Gasteiger partial charge in [-0.1, -0.05) is 18.2 Å². The fourth-order valence-electron chi connectivity index (χ4n) is 2.76. The number of hydrogen-bond donors (Lipinski definition) is 1. The van der Waals surface area contributed by atoms with E-state index in [1.807, 2.05) is 44.2 Å². The Labute approximate surface area is 156 Å². The molecule has 136 valence electrons. The highest BCUT2D eigenvalue weighted by molar-refractivity contribution is 5.95. The first-order valence-electron chi connectivity index (χ1n) is 8.40. The third-order valence-corrected chi connectivity index (χ3v) is 3.98. The zero-order chi connectivity index (χ0) is 19.4. The van der Waals surface area contributed by atoms with Crippen molar-refractivity contribution in [3.63, 3.8) is 0 Å².